The normalized spacial score (nSPS) is 10.6. The summed E-state index contributed by atoms with van der Waals surface area (Å²) in [5, 5.41) is 3.83. The quantitative estimate of drug-likeness (QED) is 0.490. The molecule has 4 rings (SSSR count). The van der Waals surface area contributed by atoms with Crippen molar-refractivity contribution in [3.05, 3.63) is 72.3 Å². The van der Waals surface area contributed by atoms with E-state index in [9.17, 15) is 0 Å². The summed E-state index contributed by atoms with van der Waals surface area (Å²) in [6.45, 7) is 2.78. The van der Waals surface area contributed by atoms with E-state index in [0.717, 1.165) is 35.3 Å². The molecule has 3 heterocycles. The number of pyridine rings is 1. The minimum atomic E-state index is 0.497. The molecule has 140 valence electrons. The summed E-state index contributed by atoms with van der Waals surface area (Å²) in [6.07, 6.45) is 7.00. The van der Waals surface area contributed by atoms with Crippen LogP contribution < -0.4 is 10.2 Å². The number of rotatable bonds is 6. The zero-order valence-corrected chi connectivity index (χ0v) is 15.9. The Morgan fingerprint density at radius 1 is 1.04 bits per heavy atom. The molecule has 0 radical (unpaired) electrons. The Hall–Kier alpha value is -3.45. The summed E-state index contributed by atoms with van der Waals surface area (Å²) in [7, 11) is 0. The van der Waals surface area contributed by atoms with Gasteiger partial charge in [-0.2, -0.15) is 0 Å². The van der Waals surface area contributed by atoms with Gasteiger partial charge in [0.1, 0.15) is 5.82 Å². The lowest BCUT2D eigenvalue weighted by Gasteiger charge is -2.19. The van der Waals surface area contributed by atoms with E-state index in [-0.39, 0.29) is 0 Å². The van der Waals surface area contributed by atoms with Crippen LogP contribution in [0.3, 0.4) is 0 Å². The van der Waals surface area contributed by atoms with Crippen molar-refractivity contribution in [2.75, 3.05) is 16.8 Å². The molecule has 2 N–H and O–H groups in total. The summed E-state index contributed by atoms with van der Waals surface area (Å²) in [6, 6.07) is 13.2. The monoisotopic (exact) mass is 391 g/mol. The van der Waals surface area contributed by atoms with Crippen LogP contribution in [0, 0.1) is 0 Å². The van der Waals surface area contributed by atoms with Crippen molar-refractivity contribution in [2.45, 2.75) is 6.92 Å². The first-order valence-corrected chi connectivity index (χ1v) is 9.19. The number of aromatic amines is 1. The van der Waals surface area contributed by atoms with E-state index >= 15 is 0 Å². The third kappa shape index (κ3) is 3.94. The first-order valence-electron chi connectivity index (χ1n) is 8.82. The number of H-pyrrole nitrogens is 1. The smallest absolute Gasteiger partial charge is 0.227 e. The van der Waals surface area contributed by atoms with E-state index in [2.05, 4.69) is 37.2 Å². The van der Waals surface area contributed by atoms with Crippen molar-refractivity contribution in [2.24, 2.45) is 0 Å². The maximum Gasteiger partial charge on any atom is 0.227 e. The summed E-state index contributed by atoms with van der Waals surface area (Å²) in [5.74, 6) is 2.03. The lowest BCUT2D eigenvalue weighted by atomic mass is 10.2. The van der Waals surface area contributed by atoms with Crippen LogP contribution in [-0.2, 0) is 0 Å². The van der Waals surface area contributed by atoms with Gasteiger partial charge < -0.3 is 10.3 Å². The second-order valence-electron chi connectivity index (χ2n) is 5.96. The Bertz CT molecular complexity index is 1070. The van der Waals surface area contributed by atoms with E-state index in [1.165, 1.54) is 0 Å². The maximum atomic E-state index is 6.04. The van der Waals surface area contributed by atoms with Crippen molar-refractivity contribution in [1.82, 2.24) is 24.9 Å². The molecule has 0 saturated heterocycles. The van der Waals surface area contributed by atoms with E-state index < -0.39 is 0 Å². The molecular formula is C20H18ClN7. The second kappa shape index (κ2) is 8.06. The van der Waals surface area contributed by atoms with Crippen LogP contribution >= 0.6 is 11.6 Å². The molecule has 3 aromatic heterocycles. The number of aromatic nitrogens is 5. The molecule has 0 saturated carbocycles. The molecule has 8 heteroatoms. The number of nitrogens with zero attached hydrogens (tertiary/aromatic N) is 5. The van der Waals surface area contributed by atoms with E-state index in [0.29, 0.717) is 11.0 Å². The van der Waals surface area contributed by atoms with Gasteiger partial charge in [0, 0.05) is 47.6 Å². The molecule has 0 spiro atoms. The molecule has 0 amide bonds. The number of hydrogen-bond acceptors (Lipinski definition) is 6. The van der Waals surface area contributed by atoms with E-state index in [1.54, 1.807) is 24.8 Å². The standard InChI is InChI=1S/C20H18ClN7/c1-2-28(20-24-10-11-25-20)18-12-14(6-8-22-18)17-7-9-23-19(27-17)26-16-5-3-4-15(21)13-16/h3-13H,2H2,1H3,(H,24,25)(H,23,26,27). The highest BCUT2D eigenvalue weighted by molar-refractivity contribution is 6.30. The van der Waals surface area contributed by atoms with Crippen LogP contribution in [0.1, 0.15) is 6.92 Å². The van der Waals surface area contributed by atoms with Crippen molar-refractivity contribution >= 4 is 35.0 Å². The van der Waals surface area contributed by atoms with Gasteiger partial charge in [-0.15, -0.1) is 0 Å². The van der Waals surface area contributed by atoms with Crippen LogP contribution in [0.15, 0.2) is 67.3 Å². The lowest BCUT2D eigenvalue weighted by molar-refractivity contribution is 0.944. The fraction of sp³-hybridized carbons (Fsp3) is 0.100. The molecule has 28 heavy (non-hydrogen) atoms. The predicted octanol–water partition coefficient (Wildman–Crippen LogP) is 4.82. The average molecular weight is 392 g/mol. The van der Waals surface area contributed by atoms with Gasteiger partial charge in [-0.3, -0.25) is 4.90 Å². The number of anilines is 4. The molecule has 0 atom stereocenters. The lowest BCUT2D eigenvalue weighted by Crippen LogP contribution is -2.18. The van der Waals surface area contributed by atoms with Gasteiger partial charge in [0.15, 0.2) is 0 Å². The summed E-state index contributed by atoms with van der Waals surface area (Å²) in [5.41, 5.74) is 2.56. The van der Waals surface area contributed by atoms with Crippen LogP contribution in [0.2, 0.25) is 5.02 Å². The predicted molar refractivity (Wildman–Crippen MR) is 111 cm³/mol. The first kappa shape index (κ1) is 17.9. The van der Waals surface area contributed by atoms with Gasteiger partial charge in [0.25, 0.3) is 0 Å². The zero-order valence-electron chi connectivity index (χ0n) is 15.2. The summed E-state index contributed by atoms with van der Waals surface area (Å²) in [4.78, 5) is 22.8. The van der Waals surface area contributed by atoms with Gasteiger partial charge in [-0.1, -0.05) is 17.7 Å². The SMILES string of the molecule is CCN(c1cc(-c2ccnc(Nc3cccc(Cl)c3)n2)ccn1)c1ncc[nH]1. The summed E-state index contributed by atoms with van der Waals surface area (Å²) < 4.78 is 0. The summed E-state index contributed by atoms with van der Waals surface area (Å²) >= 11 is 6.04. The minimum absolute atomic E-state index is 0.497. The molecule has 0 bridgehead atoms. The number of hydrogen-bond donors (Lipinski definition) is 2. The number of benzene rings is 1. The van der Waals surface area contributed by atoms with Crippen molar-refractivity contribution in [3.8, 4) is 11.3 Å². The van der Waals surface area contributed by atoms with E-state index in [4.69, 9.17) is 11.6 Å². The third-order valence-corrected chi connectivity index (χ3v) is 4.34. The fourth-order valence-electron chi connectivity index (χ4n) is 2.83. The Morgan fingerprint density at radius 2 is 1.93 bits per heavy atom. The molecule has 7 nitrogen and oxygen atoms in total. The van der Waals surface area contributed by atoms with Gasteiger partial charge >= 0.3 is 0 Å². The van der Waals surface area contributed by atoms with E-state index in [1.807, 2.05) is 47.4 Å². The topological polar surface area (TPSA) is 82.6 Å². The van der Waals surface area contributed by atoms with Crippen LogP contribution in [-0.4, -0.2) is 31.5 Å². The van der Waals surface area contributed by atoms with Gasteiger partial charge in [-0.25, -0.2) is 19.9 Å². The maximum absolute atomic E-state index is 6.04. The van der Waals surface area contributed by atoms with Crippen molar-refractivity contribution < 1.29 is 0 Å². The molecular weight excluding hydrogens is 374 g/mol. The second-order valence-corrected chi connectivity index (χ2v) is 6.40. The van der Waals surface area contributed by atoms with Crippen LogP contribution in [0.25, 0.3) is 11.3 Å². The highest BCUT2D eigenvalue weighted by Gasteiger charge is 2.12. The Balaban J connectivity index is 1.63. The number of halogens is 1. The molecule has 0 aliphatic heterocycles. The van der Waals surface area contributed by atoms with Crippen molar-refractivity contribution in [1.29, 1.82) is 0 Å². The Morgan fingerprint density at radius 3 is 2.71 bits per heavy atom. The van der Waals surface area contributed by atoms with Gasteiger partial charge in [-0.05, 0) is 43.3 Å². The third-order valence-electron chi connectivity index (χ3n) is 4.11. The van der Waals surface area contributed by atoms with Crippen LogP contribution in [0.5, 0.6) is 0 Å². The Labute approximate surface area is 167 Å². The minimum Gasteiger partial charge on any atom is -0.331 e. The number of imidazole rings is 1. The molecule has 0 fully saturated rings. The molecule has 0 unspecified atom stereocenters. The fourth-order valence-corrected chi connectivity index (χ4v) is 3.02. The van der Waals surface area contributed by atoms with Gasteiger partial charge in [0.05, 0.1) is 5.69 Å². The molecule has 4 aromatic rings. The average Bonchev–Trinajstić information content (AvgIpc) is 3.24. The Kier molecular flexibility index (Phi) is 5.16. The van der Waals surface area contributed by atoms with Gasteiger partial charge in [0.2, 0.25) is 11.9 Å². The molecule has 1 aromatic carbocycles. The highest BCUT2D eigenvalue weighted by Crippen LogP contribution is 2.26. The molecule has 0 aliphatic rings. The largest absolute Gasteiger partial charge is 0.331 e. The van der Waals surface area contributed by atoms with Crippen LogP contribution in [0.4, 0.5) is 23.4 Å². The zero-order chi connectivity index (χ0) is 19.3. The first-order chi connectivity index (χ1) is 13.7. The van der Waals surface area contributed by atoms with Crippen molar-refractivity contribution in [3.63, 3.8) is 0 Å². The molecule has 0 aliphatic carbocycles. The highest BCUT2D eigenvalue weighted by atomic mass is 35.5. The number of nitrogens with one attached hydrogen (secondary N) is 2.